The van der Waals surface area contributed by atoms with Gasteiger partial charge >= 0.3 is 0 Å². The molecule has 0 aliphatic heterocycles. The molecular formula is C21H14FN5. The highest BCUT2D eigenvalue weighted by Crippen LogP contribution is 2.29. The molecule has 130 valence electrons. The Balaban J connectivity index is 1.68. The number of aromatic nitrogens is 4. The molecule has 3 heterocycles. The van der Waals surface area contributed by atoms with E-state index in [0.717, 1.165) is 22.2 Å². The molecule has 0 unspecified atom stereocenters. The minimum absolute atomic E-state index is 0.282. The van der Waals surface area contributed by atoms with Gasteiger partial charge in [0.05, 0.1) is 0 Å². The van der Waals surface area contributed by atoms with Gasteiger partial charge in [-0.25, -0.2) is 14.4 Å². The molecule has 5 nitrogen and oxygen atoms in total. The maximum atomic E-state index is 14.4. The van der Waals surface area contributed by atoms with Gasteiger partial charge in [-0.2, -0.15) is 0 Å². The molecule has 0 saturated carbocycles. The van der Waals surface area contributed by atoms with Crippen molar-refractivity contribution in [3.05, 3.63) is 79.0 Å². The van der Waals surface area contributed by atoms with Gasteiger partial charge in [0, 0.05) is 46.1 Å². The lowest BCUT2D eigenvalue weighted by atomic mass is 10.2. The molecule has 6 heteroatoms. The molecule has 5 rings (SSSR count). The van der Waals surface area contributed by atoms with Crippen LogP contribution in [0, 0.1) is 5.82 Å². The van der Waals surface area contributed by atoms with E-state index in [1.165, 1.54) is 6.07 Å². The molecular weight excluding hydrogens is 341 g/mol. The van der Waals surface area contributed by atoms with E-state index in [1.807, 2.05) is 36.5 Å². The third kappa shape index (κ3) is 2.77. The first-order valence-electron chi connectivity index (χ1n) is 8.49. The summed E-state index contributed by atoms with van der Waals surface area (Å²) in [6.07, 6.45) is 5.22. The fourth-order valence-corrected chi connectivity index (χ4v) is 3.11. The average molecular weight is 355 g/mol. The summed E-state index contributed by atoms with van der Waals surface area (Å²) >= 11 is 0. The lowest BCUT2D eigenvalue weighted by molar-refractivity contribution is 0.636. The Labute approximate surface area is 153 Å². The van der Waals surface area contributed by atoms with Crippen molar-refractivity contribution in [3.63, 3.8) is 0 Å². The van der Waals surface area contributed by atoms with Gasteiger partial charge in [-0.05, 0) is 48.5 Å². The van der Waals surface area contributed by atoms with Crippen molar-refractivity contribution in [1.29, 1.82) is 0 Å². The number of para-hydroxylation sites is 1. The van der Waals surface area contributed by atoms with Gasteiger partial charge in [-0.3, -0.25) is 4.98 Å². The first-order valence-corrected chi connectivity index (χ1v) is 8.49. The van der Waals surface area contributed by atoms with Crippen molar-refractivity contribution in [2.75, 3.05) is 5.32 Å². The number of nitrogens with zero attached hydrogens (tertiary/aromatic N) is 3. The molecule has 0 saturated heterocycles. The SMILES string of the molecule is Fc1cccc2c(Nc3ccc4[nH]ccc4c3)nc(-c3ccncc3)nc12. The standard InChI is InChI=1S/C21H14FN5/c22-17-3-1-2-16-19(17)26-20(13-6-9-23-10-7-13)27-21(16)25-15-4-5-18-14(12-15)8-11-24-18/h1-12,24H,(H,25,26,27). The van der Waals surface area contributed by atoms with E-state index < -0.39 is 0 Å². The Kier molecular flexibility index (Phi) is 3.53. The summed E-state index contributed by atoms with van der Waals surface area (Å²) in [6.45, 7) is 0. The lowest BCUT2D eigenvalue weighted by Crippen LogP contribution is -2.00. The highest BCUT2D eigenvalue weighted by atomic mass is 19.1. The number of aromatic amines is 1. The Morgan fingerprint density at radius 1 is 0.926 bits per heavy atom. The second-order valence-electron chi connectivity index (χ2n) is 6.17. The van der Waals surface area contributed by atoms with Crippen molar-refractivity contribution in [1.82, 2.24) is 19.9 Å². The third-order valence-corrected chi connectivity index (χ3v) is 4.43. The molecule has 0 aliphatic rings. The number of halogens is 1. The predicted molar refractivity (Wildman–Crippen MR) is 104 cm³/mol. The number of anilines is 2. The minimum atomic E-state index is -0.380. The van der Waals surface area contributed by atoms with E-state index in [9.17, 15) is 4.39 Å². The van der Waals surface area contributed by atoms with E-state index in [1.54, 1.807) is 30.6 Å². The van der Waals surface area contributed by atoms with Crippen LogP contribution in [0.25, 0.3) is 33.2 Å². The Bertz CT molecular complexity index is 1260. The molecule has 0 aliphatic carbocycles. The maximum absolute atomic E-state index is 14.4. The van der Waals surface area contributed by atoms with Crippen LogP contribution in [0.5, 0.6) is 0 Å². The van der Waals surface area contributed by atoms with Crippen molar-refractivity contribution in [3.8, 4) is 11.4 Å². The summed E-state index contributed by atoms with van der Waals surface area (Å²) in [5.74, 6) is 0.621. The van der Waals surface area contributed by atoms with Crippen LogP contribution in [-0.2, 0) is 0 Å². The Hall–Kier alpha value is -3.80. The molecule has 2 aromatic carbocycles. The summed E-state index contributed by atoms with van der Waals surface area (Å²) in [4.78, 5) is 16.3. The molecule has 0 spiro atoms. The normalized spacial score (nSPS) is 11.1. The van der Waals surface area contributed by atoms with Crippen molar-refractivity contribution >= 4 is 33.3 Å². The third-order valence-electron chi connectivity index (χ3n) is 4.43. The van der Waals surface area contributed by atoms with Gasteiger partial charge < -0.3 is 10.3 Å². The van der Waals surface area contributed by atoms with E-state index in [0.29, 0.717) is 17.0 Å². The second kappa shape index (κ2) is 6.17. The zero-order valence-electron chi connectivity index (χ0n) is 14.1. The molecule has 2 N–H and O–H groups in total. The van der Waals surface area contributed by atoms with Crippen LogP contribution in [0.2, 0.25) is 0 Å². The van der Waals surface area contributed by atoms with Crippen LogP contribution in [0.3, 0.4) is 0 Å². The maximum Gasteiger partial charge on any atom is 0.162 e. The minimum Gasteiger partial charge on any atom is -0.361 e. The van der Waals surface area contributed by atoms with Crippen LogP contribution in [-0.4, -0.2) is 19.9 Å². The summed E-state index contributed by atoms with van der Waals surface area (Å²) in [5, 5.41) is 5.03. The van der Waals surface area contributed by atoms with Gasteiger partial charge in [-0.15, -0.1) is 0 Å². The van der Waals surface area contributed by atoms with Crippen LogP contribution in [0.4, 0.5) is 15.9 Å². The average Bonchev–Trinajstić information content (AvgIpc) is 3.17. The highest BCUT2D eigenvalue weighted by molar-refractivity contribution is 5.93. The number of rotatable bonds is 3. The molecule has 3 aromatic heterocycles. The fraction of sp³-hybridized carbons (Fsp3) is 0. The quantitative estimate of drug-likeness (QED) is 0.475. The summed E-state index contributed by atoms with van der Waals surface area (Å²) in [6, 6.07) is 16.5. The lowest BCUT2D eigenvalue weighted by Gasteiger charge is -2.11. The van der Waals surface area contributed by atoms with Crippen LogP contribution in [0.1, 0.15) is 0 Å². The first kappa shape index (κ1) is 15.5. The molecule has 0 fully saturated rings. The Morgan fingerprint density at radius 2 is 1.81 bits per heavy atom. The van der Waals surface area contributed by atoms with E-state index >= 15 is 0 Å². The predicted octanol–water partition coefficient (Wildman–Crippen LogP) is 5.06. The van der Waals surface area contributed by atoms with Crippen molar-refractivity contribution in [2.45, 2.75) is 0 Å². The molecule has 0 amide bonds. The number of pyridine rings is 1. The summed E-state index contributed by atoms with van der Waals surface area (Å²) in [7, 11) is 0. The fourth-order valence-electron chi connectivity index (χ4n) is 3.11. The molecule has 5 aromatic rings. The number of benzene rings is 2. The molecule has 0 bridgehead atoms. The summed E-state index contributed by atoms with van der Waals surface area (Å²) in [5.41, 5.74) is 2.98. The van der Waals surface area contributed by atoms with Crippen LogP contribution < -0.4 is 5.32 Å². The molecule has 0 radical (unpaired) electrons. The van der Waals surface area contributed by atoms with Gasteiger partial charge in [0.1, 0.15) is 17.2 Å². The number of nitrogens with one attached hydrogen (secondary N) is 2. The number of fused-ring (bicyclic) bond motifs is 2. The highest BCUT2D eigenvalue weighted by Gasteiger charge is 2.13. The van der Waals surface area contributed by atoms with Crippen molar-refractivity contribution in [2.24, 2.45) is 0 Å². The number of hydrogen-bond acceptors (Lipinski definition) is 4. The van der Waals surface area contributed by atoms with Gasteiger partial charge in [0.15, 0.2) is 5.82 Å². The van der Waals surface area contributed by atoms with Crippen LogP contribution in [0.15, 0.2) is 73.2 Å². The van der Waals surface area contributed by atoms with E-state index in [2.05, 4.69) is 25.3 Å². The Morgan fingerprint density at radius 3 is 2.70 bits per heavy atom. The molecule has 27 heavy (non-hydrogen) atoms. The smallest absolute Gasteiger partial charge is 0.162 e. The van der Waals surface area contributed by atoms with Crippen molar-refractivity contribution < 1.29 is 4.39 Å². The number of H-pyrrole nitrogens is 1. The molecule has 0 atom stereocenters. The monoisotopic (exact) mass is 355 g/mol. The topological polar surface area (TPSA) is 66.5 Å². The van der Waals surface area contributed by atoms with Gasteiger partial charge in [-0.1, -0.05) is 6.07 Å². The summed E-state index contributed by atoms with van der Waals surface area (Å²) < 4.78 is 14.4. The van der Waals surface area contributed by atoms with Crippen LogP contribution >= 0.6 is 0 Å². The van der Waals surface area contributed by atoms with Gasteiger partial charge in [0.2, 0.25) is 0 Å². The van der Waals surface area contributed by atoms with E-state index in [4.69, 9.17) is 0 Å². The zero-order chi connectivity index (χ0) is 18.2. The zero-order valence-corrected chi connectivity index (χ0v) is 14.1. The largest absolute Gasteiger partial charge is 0.361 e. The first-order chi connectivity index (χ1) is 13.3. The second-order valence-corrected chi connectivity index (χ2v) is 6.17. The van der Waals surface area contributed by atoms with Gasteiger partial charge in [0.25, 0.3) is 0 Å². The van der Waals surface area contributed by atoms with E-state index in [-0.39, 0.29) is 11.3 Å². The number of hydrogen-bond donors (Lipinski definition) is 2.